The van der Waals surface area contributed by atoms with Crippen LogP contribution in [0.1, 0.15) is 25.8 Å². The maximum atomic E-state index is 12.6. The number of carbonyl (C=O) groups excluding carboxylic acids is 1. The van der Waals surface area contributed by atoms with Crippen molar-refractivity contribution in [1.29, 1.82) is 0 Å². The topological polar surface area (TPSA) is 86.9 Å². The number of hydrogen-bond acceptors (Lipinski definition) is 5. The van der Waals surface area contributed by atoms with Gasteiger partial charge in [0, 0.05) is 13.0 Å². The Kier molecular flexibility index (Phi) is 5.74. The summed E-state index contributed by atoms with van der Waals surface area (Å²) in [5.74, 6) is 1.08. The first-order chi connectivity index (χ1) is 14.6. The highest BCUT2D eigenvalue weighted by Crippen LogP contribution is 2.33. The van der Waals surface area contributed by atoms with Crippen molar-refractivity contribution in [3.8, 4) is 5.75 Å². The normalized spacial score (nSPS) is 11.2. The fraction of sp³-hybridized carbons (Fsp3) is 0.273. The van der Waals surface area contributed by atoms with Gasteiger partial charge in [-0.1, -0.05) is 36.4 Å². The third-order valence-electron chi connectivity index (χ3n) is 4.60. The third-order valence-corrected chi connectivity index (χ3v) is 4.60. The number of fused-ring (bicyclic) bond motifs is 1. The molecule has 0 bridgehead atoms. The van der Waals surface area contributed by atoms with Crippen molar-refractivity contribution in [1.82, 2.24) is 24.5 Å². The molecule has 4 aromatic rings. The van der Waals surface area contributed by atoms with E-state index in [-0.39, 0.29) is 18.4 Å². The minimum absolute atomic E-state index is 0.00497. The van der Waals surface area contributed by atoms with Crippen LogP contribution in [-0.4, -0.2) is 36.6 Å². The number of nitrogens with one attached hydrogen (secondary N) is 1. The van der Waals surface area contributed by atoms with Crippen LogP contribution in [0.3, 0.4) is 0 Å². The molecule has 2 heterocycles. The van der Waals surface area contributed by atoms with Crippen LogP contribution in [0.4, 0.5) is 5.82 Å². The molecule has 154 valence electrons. The largest absolute Gasteiger partial charge is 0.490 e. The Morgan fingerprint density at radius 1 is 1.07 bits per heavy atom. The molecular weight excluding hydrogens is 380 g/mol. The van der Waals surface area contributed by atoms with E-state index in [0.29, 0.717) is 24.7 Å². The quantitative estimate of drug-likeness (QED) is 0.486. The standard InChI is InChI=1S/C22H24N6O2/c1-16(2)30-19-10-6-9-18-21(19)22(25-20(29)11-12-27-14-23-24-15-27)26-28(18)13-17-7-4-3-5-8-17/h3-10,14-16H,11-13H2,1-2H3,(H,25,26,29). The van der Waals surface area contributed by atoms with Crippen LogP contribution < -0.4 is 10.1 Å². The molecule has 0 aliphatic rings. The van der Waals surface area contributed by atoms with Crippen LogP contribution in [0, 0.1) is 0 Å². The minimum atomic E-state index is -0.130. The number of carbonyl (C=O) groups is 1. The van der Waals surface area contributed by atoms with Crippen LogP contribution >= 0.6 is 0 Å². The van der Waals surface area contributed by atoms with E-state index in [1.54, 1.807) is 17.2 Å². The lowest BCUT2D eigenvalue weighted by Gasteiger charge is -2.12. The lowest BCUT2D eigenvalue weighted by molar-refractivity contribution is -0.116. The van der Waals surface area contributed by atoms with Gasteiger partial charge >= 0.3 is 0 Å². The number of ether oxygens (including phenoxy) is 1. The first-order valence-electron chi connectivity index (χ1n) is 9.92. The minimum Gasteiger partial charge on any atom is -0.490 e. The number of amides is 1. The number of rotatable bonds is 8. The lowest BCUT2D eigenvalue weighted by atomic mass is 10.2. The summed E-state index contributed by atoms with van der Waals surface area (Å²) >= 11 is 0. The van der Waals surface area contributed by atoms with Gasteiger partial charge in [0.2, 0.25) is 5.91 Å². The van der Waals surface area contributed by atoms with Crippen molar-refractivity contribution >= 4 is 22.6 Å². The van der Waals surface area contributed by atoms with Gasteiger partial charge in [0.05, 0.1) is 23.6 Å². The first kappa shape index (κ1) is 19.6. The van der Waals surface area contributed by atoms with E-state index in [0.717, 1.165) is 16.5 Å². The summed E-state index contributed by atoms with van der Waals surface area (Å²) in [6.45, 7) is 5.05. The molecule has 0 saturated carbocycles. The summed E-state index contributed by atoms with van der Waals surface area (Å²) in [6, 6.07) is 15.9. The summed E-state index contributed by atoms with van der Waals surface area (Å²) in [5, 5.41) is 16.0. The molecule has 2 aromatic heterocycles. The second-order valence-corrected chi connectivity index (χ2v) is 7.31. The zero-order valence-corrected chi connectivity index (χ0v) is 17.0. The van der Waals surface area contributed by atoms with Crippen molar-refractivity contribution in [3.05, 3.63) is 66.7 Å². The van der Waals surface area contributed by atoms with Crippen LogP contribution in [0.25, 0.3) is 10.9 Å². The maximum absolute atomic E-state index is 12.6. The van der Waals surface area contributed by atoms with Crippen molar-refractivity contribution in [2.75, 3.05) is 5.32 Å². The molecule has 4 rings (SSSR count). The zero-order chi connectivity index (χ0) is 20.9. The van der Waals surface area contributed by atoms with Crippen LogP contribution in [0.2, 0.25) is 0 Å². The van der Waals surface area contributed by atoms with E-state index in [9.17, 15) is 4.79 Å². The van der Waals surface area contributed by atoms with E-state index >= 15 is 0 Å². The molecular formula is C22H24N6O2. The van der Waals surface area contributed by atoms with E-state index in [2.05, 4.69) is 27.6 Å². The number of aryl methyl sites for hydroxylation is 1. The van der Waals surface area contributed by atoms with Gasteiger partial charge in [-0.3, -0.25) is 9.48 Å². The van der Waals surface area contributed by atoms with Gasteiger partial charge in [0.25, 0.3) is 0 Å². The summed E-state index contributed by atoms with van der Waals surface area (Å²) in [6.07, 6.45) is 3.47. The highest BCUT2D eigenvalue weighted by molar-refractivity contribution is 6.02. The Morgan fingerprint density at radius 2 is 1.83 bits per heavy atom. The van der Waals surface area contributed by atoms with Gasteiger partial charge in [-0.05, 0) is 31.5 Å². The molecule has 1 N–H and O–H groups in total. The van der Waals surface area contributed by atoms with E-state index in [1.807, 2.05) is 54.9 Å². The molecule has 0 spiro atoms. The summed E-state index contributed by atoms with van der Waals surface area (Å²) in [5.41, 5.74) is 2.04. The summed E-state index contributed by atoms with van der Waals surface area (Å²) in [7, 11) is 0. The molecule has 0 atom stereocenters. The second-order valence-electron chi connectivity index (χ2n) is 7.31. The van der Waals surface area contributed by atoms with Gasteiger partial charge in [-0.2, -0.15) is 5.10 Å². The maximum Gasteiger partial charge on any atom is 0.227 e. The number of anilines is 1. The molecule has 0 aliphatic heterocycles. The van der Waals surface area contributed by atoms with Gasteiger partial charge in [-0.15, -0.1) is 10.2 Å². The molecule has 0 fully saturated rings. The fourth-order valence-electron chi connectivity index (χ4n) is 3.28. The number of hydrogen-bond donors (Lipinski definition) is 1. The number of nitrogens with zero attached hydrogens (tertiary/aromatic N) is 5. The molecule has 8 nitrogen and oxygen atoms in total. The fourth-order valence-corrected chi connectivity index (χ4v) is 3.28. The molecule has 30 heavy (non-hydrogen) atoms. The second kappa shape index (κ2) is 8.77. The van der Waals surface area contributed by atoms with Gasteiger partial charge < -0.3 is 14.6 Å². The van der Waals surface area contributed by atoms with E-state index < -0.39 is 0 Å². The highest BCUT2D eigenvalue weighted by atomic mass is 16.5. The molecule has 0 saturated heterocycles. The van der Waals surface area contributed by atoms with Crippen LogP contribution in [0.5, 0.6) is 5.75 Å². The SMILES string of the molecule is CC(C)Oc1cccc2c1c(NC(=O)CCn1cnnc1)nn2Cc1ccccc1. The van der Waals surface area contributed by atoms with Gasteiger partial charge in [0.1, 0.15) is 18.4 Å². The average Bonchev–Trinajstić information content (AvgIpc) is 3.36. The molecule has 8 heteroatoms. The molecule has 1 amide bonds. The average molecular weight is 404 g/mol. The predicted molar refractivity (Wildman–Crippen MR) is 114 cm³/mol. The monoisotopic (exact) mass is 404 g/mol. The van der Waals surface area contributed by atoms with Crippen LogP contribution in [0.15, 0.2) is 61.2 Å². The Labute approximate surface area is 174 Å². The van der Waals surface area contributed by atoms with Crippen molar-refractivity contribution < 1.29 is 9.53 Å². The molecule has 2 aromatic carbocycles. The summed E-state index contributed by atoms with van der Waals surface area (Å²) in [4.78, 5) is 12.6. The smallest absolute Gasteiger partial charge is 0.227 e. The lowest BCUT2D eigenvalue weighted by Crippen LogP contribution is -2.15. The van der Waals surface area contributed by atoms with Crippen molar-refractivity contribution in [2.45, 2.75) is 39.5 Å². The molecule has 0 aliphatic carbocycles. The first-order valence-corrected chi connectivity index (χ1v) is 9.92. The Bertz CT molecular complexity index is 1120. The Balaban J connectivity index is 1.65. The zero-order valence-electron chi connectivity index (χ0n) is 17.0. The Hall–Kier alpha value is -3.68. The predicted octanol–water partition coefficient (Wildman–Crippen LogP) is 3.49. The van der Waals surface area contributed by atoms with E-state index in [4.69, 9.17) is 9.84 Å². The summed E-state index contributed by atoms with van der Waals surface area (Å²) < 4.78 is 9.67. The number of benzene rings is 2. The van der Waals surface area contributed by atoms with Crippen molar-refractivity contribution in [2.24, 2.45) is 0 Å². The molecule has 0 unspecified atom stereocenters. The van der Waals surface area contributed by atoms with Crippen molar-refractivity contribution in [3.63, 3.8) is 0 Å². The van der Waals surface area contributed by atoms with Crippen LogP contribution in [-0.2, 0) is 17.9 Å². The van der Waals surface area contributed by atoms with Gasteiger partial charge in [-0.25, -0.2) is 0 Å². The van der Waals surface area contributed by atoms with E-state index in [1.165, 1.54) is 0 Å². The number of aromatic nitrogens is 5. The third kappa shape index (κ3) is 4.48. The molecule has 0 radical (unpaired) electrons. The van der Waals surface area contributed by atoms with Gasteiger partial charge in [0.15, 0.2) is 5.82 Å². The Morgan fingerprint density at radius 3 is 2.57 bits per heavy atom. The highest BCUT2D eigenvalue weighted by Gasteiger charge is 2.18.